The van der Waals surface area contributed by atoms with Crippen LogP contribution >= 0.6 is 0 Å². The van der Waals surface area contributed by atoms with Crippen molar-refractivity contribution in [1.82, 2.24) is 20.3 Å². The predicted octanol–water partition coefficient (Wildman–Crippen LogP) is 0.518. The van der Waals surface area contributed by atoms with Crippen LogP contribution in [0.25, 0.3) is 16.5 Å². The molecule has 0 saturated heterocycles. The number of fused-ring (bicyclic) bond motifs is 2. The standard InChI is InChI=1S/C19H23BN4O4/c1-3-24(28-2)18(25)22-12-8-14-13-5-4-6-15-17(13)11(9-21-15)7-16(14)23(10-12)19(20,26)27/h4-6,8-9,12,16,21,26-27H,3,7,10H2,1-2H3,(H,22,25). The van der Waals surface area contributed by atoms with Gasteiger partial charge in [-0.3, -0.25) is 9.74 Å². The van der Waals surface area contributed by atoms with E-state index in [0.29, 0.717) is 13.0 Å². The van der Waals surface area contributed by atoms with E-state index < -0.39 is 17.9 Å². The van der Waals surface area contributed by atoms with Gasteiger partial charge < -0.3 is 20.5 Å². The number of H-pyrrole nitrogens is 1. The molecule has 28 heavy (non-hydrogen) atoms. The third-order valence-corrected chi connectivity index (χ3v) is 5.49. The van der Waals surface area contributed by atoms with E-state index >= 15 is 0 Å². The Kier molecular flexibility index (Phi) is 4.71. The van der Waals surface area contributed by atoms with Gasteiger partial charge in [0.15, 0.2) is 13.7 Å². The number of benzene rings is 1. The second kappa shape index (κ2) is 6.93. The highest BCUT2D eigenvalue weighted by molar-refractivity contribution is 6.12. The number of urea groups is 1. The Morgan fingerprint density at radius 3 is 2.96 bits per heavy atom. The van der Waals surface area contributed by atoms with E-state index in [9.17, 15) is 15.0 Å². The number of hydrogen-bond donors (Lipinski definition) is 4. The lowest BCUT2D eigenvalue weighted by molar-refractivity contribution is -0.207. The normalized spacial score (nSPS) is 21.9. The first-order valence-corrected chi connectivity index (χ1v) is 9.27. The minimum absolute atomic E-state index is 0.153. The number of aromatic nitrogens is 1. The molecule has 1 aromatic carbocycles. The number of rotatable bonds is 4. The summed E-state index contributed by atoms with van der Waals surface area (Å²) in [6.45, 7) is 2.33. The number of amides is 2. The molecule has 4 rings (SSSR count). The van der Waals surface area contributed by atoms with Crippen molar-refractivity contribution in [3.05, 3.63) is 41.6 Å². The van der Waals surface area contributed by atoms with Gasteiger partial charge in [-0.2, -0.15) is 0 Å². The van der Waals surface area contributed by atoms with Crippen molar-refractivity contribution in [2.45, 2.75) is 31.2 Å². The van der Waals surface area contributed by atoms with Crippen molar-refractivity contribution in [2.24, 2.45) is 0 Å². The lowest BCUT2D eigenvalue weighted by Gasteiger charge is -2.46. The lowest BCUT2D eigenvalue weighted by Crippen LogP contribution is -2.62. The van der Waals surface area contributed by atoms with Gasteiger partial charge in [0, 0.05) is 36.2 Å². The smallest absolute Gasteiger partial charge is 0.341 e. The minimum Gasteiger partial charge on any atom is -0.362 e. The van der Waals surface area contributed by atoms with E-state index in [4.69, 9.17) is 12.7 Å². The van der Waals surface area contributed by atoms with E-state index in [2.05, 4.69) is 10.3 Å². The van der Waals surface area contributed by atoms with Crippen molar-refractivity contribution in [3.63, 3.8) is 0 Å². The van der Waals surface area contributed by atoms with Crippen molar-refractivity contribution < 1.29 is 19.8 Å². The fourth-order valence-electron chi connectivity index (χ4n) is 4.28. The molecule has 0 fully saturated rings. The zero-order valence-corrected chi connectivity index (χ0v) is 15.8. The molecule has 0 bridgehead atoms. The number of aliphatic hydroxyl groups is 2. The third-order valence-electron chi connectivity index (χ3n) is 5.49. The molecule has 2 heterocycles. The van der Waals surface area contributed by atoms with Crippen LogP contribution < -0.4 is 5.32 Å². The molecule has 0 spiro atoms. The molecule has 146 valence electrons. The summed E-state index contributed by atoms with van der Waals surface area (Å²) in [6.07, 6.45) is 4.50. The summed E-state index contributed by atoms with van der Waals surface area (Å²) in [5.41, 5.74) is 4.03. The maximum atomic E-state index is 12.4. The number of nitrogens with one attached hydrogen (secondary N) is 2. The summed E-state index contributed by atoms with van der Waals surface area (Å²) < 4.78 is 0. The molecule has 2 aliphatic rings. The van der Waals surface area contributed by atoms with Crippen molar-refractivity contribution in [3.8, 4) is 0 Å². The fourth-order valence-corrected chi connectivity index (χ4v) is 4.28. The van der Waals surface area contributed by atoms with Crippen LogP contribution in [0.15, 0.2) is 30.5 Å². The van der Waals surface area contributed by atoms with Crippen molar-refractivity contribution >= 4 is 30.4 Å². The number of hydroxylamine groups is 2. The number of hydrogen-bond acceptors (Lipinski definition) is 5. The maximum absolute atomic E-state index is 12.4. The van der Waals surface area contributed by atoms with Crippen molar-refractivity contribution in [2.75, 3.05) is 20.2 Å². The van der Waals surface area contributed by atoms with Gasteiger partial charge in [-0.15, -0.1) is 0 Å². The van der Waals surface area contributed by atoms with Crippen LogP contribution in [0.4, 0.5) is 4.79 Å². The number of aromatic amines is 1. The highest BCUT2D eigenvalue weighted by Gasteiger charge is 2.42. The minimum atomic E-state index is -2.51. The van der Waals surface area contributed by atoms with Gasteiger partial charge in [-0.25, -0.2) is 9.86 Å². The SMILES string of the molecule is [B]C(O)(O)N1CC(NC(=O)N(CC)OC)C=C2c3cccc4[nH]cc(c34)CC21. The van der Waals surface area contributed by atoms with Gasteiger partial charge >= 0.3 is 6.03 Å². The Morgan fingerprint density at radius 1 is 1.50 bits per heavy atom. The Hall–Kier alpha value is -2.33. The van der Waals surface area contributed by atoms with E-state index in [-0.39, 0.29) is 12.6 Å². The van der Waals surface area contributed by atoms with Gasteiger partial charge in [0.2, 0.25) is 0 Å². The quantitative estimate of drug-likeness (QED) is 0.351. The molecule has 2 atom stereocenters. The van der Waals surface area contributed by atoms with E-state index in [1.54, 1.807) is 6.92 Å². The topological polar surface area (TPSA) is 101 Å². The van der Waals surface area contributed by atoms with Crippen LogP contribution in [0.3, 0.4) is 0 Å². The molecular formula is C19H23BN4O4. The second-order valence-electron chi connectivity index (χ2n) is 7.16. The molecule has 1 aromatic heterocycles. The Morgan fingerprint density at radius 2 is 2.29 bits per heavy atom. The molecular weight excluding hydrogens is 359 g/mol. The van der Waals surface area contributed by atoms with E-state index in [1.165, 1.54) is 17.1 Å². The Balaban J connectivity index is 1.75. The average molecular weight is 382 g/mol. The zero-order chi connectivity index (χ0) is 20.1. The summed E-state index contributed by atoms with van der Waals surface area (Å²) >= 11 is 0. The molecule has 2 amide bonds. The van der Waals surface area contributed by atoms with Crippen LogP contribution in [0.1, 0.15) is 18.1 Å². The average Bonchev–Trinajstić information content (AvgIpc) is 3.06. The molecule has 2 aromatic rings. The molecule has 1 aliphatic heterocycles. The highest BCUT2D eigenvalue weighted by atomic mass is 16.7. The number of carbonyl (C=O) groups is 1. The van der Waals surface area contributed by atoms with Crippen LogP contribution in [0.5, 0.6) is 0 Å². The van der Waals surface area contributed by atoms with Gasteiger partial charge in [-0.1, -0.05) is 18.2 Å². The van der Waals surface area contributed by atoms with E-state index in [0.717, 1.165) is 27.6 Å². The van der Waals surface area contributed by atoms with Gasteiger partial charge in [0.1, 0.15) is 0 Å². The summed E-state index contributed by atoms with van der Waals surface area (Å²) in [6, 6.07) is 4.77. The summed E-state index contributed by atoms with van der Waals surface area (Å²) in [7, 11) is 7.09. The fraction of sp³-hybridized carbons (Fsp3) is 0.421. The Labute approximate surface area is 164 Å². The molecule has 9 heteroatoms. The molecule has 2 radical (unpaired) electrons. The first kappa shape index (κ1) is 19.0. The molecule has 0 saturated carbocycles. The molecule has 4 N–H and O–H groups in total. The summed E-state index contributed by atoms with van der Waals surface area (Å²) in [5, 5.41) is 25.6. The summed E-state index contributed by atoms with van der Waals surface area (Å²) in [4.78, 5) is 22.1. The van der Waals surface area contributed by atoms with Crippen molar-refractivity contribution in [1.29, 1.82) is 0 Å². The van der Waals surface area contributed by atoms with Crippen LogP contribution in [0, 0.1) is 0 Å². The van der Waals surface area contributed by atoms with Gasteiger partial charge in [0.25, 0.3) is 0 Å². The van der Waals surface area contributed by atoms with Crippen LogP contribution in [-0.4, -0.2) is 77.1 Å². The molecule has 2 unspecified atom stereocenters. The highest BCUT2D eigenvalue weighted by Crippen LogP contribution is 2.41. The predicted molar refractivity (Wildman–Crippen MR) is 105 cm³/mol. The zero-order valence-electron chi connectivity index (χ0n) is 15.8. The summed E-state index contributed by atoms with van der Waals surface area (Å²) in [5.74, 6) is -2.51. The largest absolute Gasteiger partial charge is 0.362 e. The lowest BCUT2D eigenvalue weighted by atomic mass is 9.79. The number of nitrogens with zero attached hydrogens (tertiary/aromatic N) is 2. The monoisotopic (exact) mass is 382 g/mol. The van der Waals surface area contributed by atoms with Crippen LogP contribution in [-0.2, 0) is 11.3 Å². The first-order chi connectivity index (χ1) is 13.3. The van der Waals surface area contributed by atoms with Gasteiger partial charge in [0.05, 0.1) is 13.2 Å². The molecule has 8 nitrogen and oxygen atoms in total. The Bertz CT molecular complexity index is 932. The number of carbonyl (C=O) groups excluding carboxylic acids is 1. The van der Waals surface area contributed by atoms with E-state index in [1.807, 2.05) is 30.5 Å². The third kappa shape index (κ3) is 3.10. The second-order valence-corrected chi connectivity index (χ2v) is 7.16. The first-order valence-electron chi connectivity index (χ1n) is 9.27. The maximum Gasteiger partial charge on any atom is 0.341 e. The van der Waals surface area contributed by atoms with Crippen LogP contribution in [0.2, 0.25) is 0 Å². The molecule has 1 aliphatic carbocycles. The van der Waals surface area contributed by atoms with Gasteiger partial charge in [-0.05, 0) is 36.1 Å².